The van der Waals surface area contributed by atoms with Gasteiger partial charge in [-0.15, -0.1) is 0 Å². The fourth-order valence-electron chi connectivity index (χ4n) is 5.53. The minimum atomic E-state index is -2.27. The Bertz CT molecular complexity index is 1070. The van der Waals surface area contributed by atoms with E-state index in [0.717, 1.165) is 0 Å². The summed E-state index contributed by atoms with van der Waals surface area (Å²) >= 11 is -2.27. The van der Waals surface area contributed by atoms with Gasteiger partial charge in [0.15, 0.2) is 0 Å². The van der Waals surface area contributed by atoms with Crippen LogP contribution in [-0.2, 0) is 20.1 Å². The first-order valence-corrected chi connectivity index (χ1v) is 23.5. The molecule has 0 spiro atoms. The van der Waals surface area contributed by atoms with Crippen LogP contribution < -0.4 is 0 Å². The van der Waals surface area contributed by atoms with E-state index in [-0.39, 0.29) is 21.7 Å². The van der Waals surface area contributed by atoms with Gasteiger partial charge in [0, 0.05) is 0 Å². The zero-order chi connectivity index (χ0) is 23.7. The molecule has 0 bridgehead atoms. The Balaban J connectivity index is 1.75. The fourth-order valence-corrected chi connectivity index (χ4v) is 28.1. The molecular weight excluding hydrogens is 567 g/mol. The van der Waals surface area contributed by atoms with Crippen LogP contribution in [0.3, 0.4) is 0 Å². The Morgan fingerprint density at radius 1 is 0.625 bits per heavy atom. The van der Waals surface area contributed by atoms with Crippen molar-refractivity contribution in [2.24, 2.45) is 21.7 Å². The molecule has 32 heavy (non-hydrogen) atoms. The van der Waals surface area contributed by atoms with Crippen LogP contribution >= 0.6 is 0 Å². The van der Waals surface area contributed by atoms with E-state index in [1.54, 1.807) is 29.0 Å². The molecule has 4 aliphatic carbocycles. The number of rotatable bonds is 2. The summed E-state index contributed by atoms with van der Waals surface area (Å²) in [7, 11) is 0. The first-order valence-electron chi connectivity index (χ1n) is 12.1. The summed E-state index contributed by atoms with van der Waals surface area (Å²) in [6.45, 7) is 24.3. The van der Waals surface area contributed by atoms with Crippen molar-refractivity contribution in [3.05, 3.63) is 89.7 Å². The zero-order valence-corrected chi connectivity index (χ0v) is 26.4. The van der Waals surface area contributed by atoms with Crippen molar-refractivity contribution >= 4 is 5.49 Å². The SMILES string of the molecule is C[Si](C)=[Hf]([C]1=CC=C2C1=CC=CC2(C)C(C)(C)C)[C]1=CC=C2C1=CC=CC2(C)C(C)(C)C. The summed E-state index contributed by atoms with van der Waals surface area (Å²) in [5, 5.41) is 0. The molecule has 0 aromatic carbocycles. The van der Waals surface area contributed by atoms with Gasteiger partial charge in [-0.3, -0.25) is 0 Å². The van der Waals surface area contributed by atoms with E-state index < -0.39 is 25.6 Å². The van der Waals surface area contributed by atoms with Crippen LogP contribution in [-0.4, -0.2) is 5.49 Å². The summed E-state index contributed by atoms with van der Waals surface area (Å²) < 4.78 is 3.50. The average molecular weight is 607 g/mol. The summed E-state index contributed by atoms with van der Waals surface area (Å²) in [5.41, 5.74) is 6.41. The average Bonchev–Trinajstić information content (AvgIpc) is 3.27. The molecule has 0 aromatic heterocycles. The van der Waals surface area contributed by atoms with Gasteiger partial charge in [0.2, 0.25) is 0 Å². The second kappa shape index (κ2) is 7.77. The van der Waals surface area contributed by atoms with Gasteiger partial charge in [-0.1, -0.05) is 0 Å². The molecule has 4 aliphatic rings. The minimum absolute atomic E-state index is 0.0890. The van der Waals surface area contributed by atoms with E-state index >= 15 is 0 Å². The van der Waals surface area contributed by atoms with Gasteiger partial charge < -0.3 is 0 Å². The van der Waals surface area contributed by atoms with Crippen molar-refractivity contribution in [1.29, 1.82) is 0 Å². The maximum atomic E-state index is 2.58. The van der Waals surface area contributed by atoms with E-state index in [0.29, 0.717) is 0 Å². The van der Waals surface area contributed by atoms with E-state index in [1.165, 1.54) is 0 Å². The van der Waals surface area contributed by atoms with Crippen LogP contribution in [0, 0.1) is 21.7 Å². The van der Waals surface area contributed by atoms with Crippen LogP contribution in [0.4, 0.5) is 0 Å². The van der Waals surface area contributed by atoms with Crippen molar-refractivity contribution in [3.8, 4) is 0 Å². The van der Waals surface area contributed by atoms with Gasteiger partial charge in [0.1, 0.15) is 0 Å². The van der Waals surface area contributed by atoms with E-state index in [1.807, 2.05) is 0 Å². The van der Waals surface area contributed by atoms with Gasteiger partial charge in [-0.05, 0) is 0 Å². The Labute approximate surface area is 204 Å². The Morgan fingerprint density at radius 2 is 1.00 bits per heavy atom. The molecule has 0 aromatic rings. The summed E-state index contributed by atoms with van der Waals surface area (Å²) in [5.74, 6) is 0. The maximum absolute atomic E-state index is 2.58. The molecule has 0 saturated heterocycles. The molecule has 0 fully saturated rings. The molecule has 0 N–H and O–H groups in total. The van der Waals surface area contributed by atoms with Gasteiger partial charge in [0.25, 0.3) is 0 Å². The van der Waals surface area contributed by atoms with Crippen LogP contribution in [0.15, 0.2) is 89.7 Å². The second-order valence-electron chi connectivity index (χ2n) is 12.5. The topological polar surface area (TPSA) is 0 Å². The molecule has 0 heterocycles. The van der Waals surface area contributed by atoms with Crippen LogP contribution in [0.25, 0.3) is 0 Å². The van der Waals surface area contributed by atoms with Crippen molar-refractivity contribution in [2.45, 2.75) is 68.5 Å². The number of allylic oxidation sites excluding steroid dienone is 16. The van der Waals surface area contributed by atoms with Crippen LogP contribution in [0.5, 0.6) is 0 Å². The van der Waals surface area contributed by atoms with Crippen molar-refractivity contribution in [3.63, 3.8) is 0 Å². The van der Waals surface area contributed by atoms with Crippen LogP contribution in [0.2, 0.25) is 13.1 Å². The van der Waals surface area contributed by atoms with E-state index in [2.05, 4.69) is 129 Å². The molecule has 0 nitrogen and oxygen atoms in total. The Morgan fingerprint density at radius 3 is 1.31 bits per heavy atom. The zero-order valence-electron chi connectivity index (χ0n) is 21.8. The van der Waals surface area contributed by atoms with E-state index in [4.69, 9.17) is 0 Å². The van der Waals surface area contributed by atoms with E-state index in [9.17, 15) is 0 Å². The fraction of sp³-hybridized carbons (Fsp3) is 0.467. The molecule has 2 heteroatoms. The first kappa shape index (κ1) is 24.1. The molecular formula is C30H40HfSi. The predicted octanol–water partition coefficient (Wildman–Crippen LogP) is 8.60. The predicted molar refractivity (Wildman–Crippen MR) is 139 cm³/mol. The second-order valence-corrected chi connectivity index (χ2v) is 35.9. The van der Waals surface area contributed by atoms with Gasteiger partial charge in [-0.25, -0.2) is 0 Å². The van der Waals surface area contributed by atoms with Crippen molar-refractivity contribution < 1.29 is 20.1 Å². The number of hydrogen-bond donors (Lipinski definition) is 0. The normalized spacial score (nSPS) is 28.8. The first-order chi connectivity index (χ1) is 14.7. The van der Waals surface area contributed by atoms with Gasteiger partial charge >= 0.3 is 205 Å². The molecule has 4 rings (SSSR count). The molecule has 0 saturated carbocycles. The number of fused-ring (bicyclic) bond motifs is 2. The molecule has 2 atom stereocenters. The third-order valence-electron chi connectivity index (χ3n) is 8.65. The Hall–Kier alpha value is -0.993. The van der Waals surface area contributed by atoms with Gasteiger partial charge in [-0.2, -0.15) is 0 Å². The van der Waals surface area contributed by atoms with Crippen molar-refractivity contribution in [2.75, 3.05) is 0 Å². The quantitative estimate of drug-likeness (QED) is 0.276. The molecule has 0 radical (unpaired) electrons. The third-order valence-corrected chi connectivity index (χ3v) is 31.8. The van der Waals surface area contributed by atoms with Crippen LogP contribution in [0.1, 0.15) is 55.4 Å². The summed E-state index contributed by atoms with van der Waals surface area (Å²) in [6.07, 6.45) is 24.4. The molecule has 168 valence electrons. The summed E-state index contributed by atoms with van der Waals surface area (Å²) in [4.78, 5) is 0. The summed E-state index contributed by atoms with van der Waals surface area (Å²) in [6, 6.07) is 0. The third kappa shape index (κ3) is 3.47. The monoisotopic (exact) mass is 608 g/mol. The van der Waals surface area contributed by atoms with Gasteiger partial charge in [0.05, 0.1) is 0 Å². The van der Waals surface area contributed by atoms with Crippen molar-refractivity contribution in [1.82, 2.24) is 0 Å². The molecule has 2 unspecified atom stereocenters. The Kier molecular flexibility index (Phi) is 5.86. The molecule has 0 amide bonds. The number of hydrogen-bond acceptors (Lipinski definition) is 0. The molecule has 0 aliphatic heterocycles. The standard InChI is InChI=1S/2C14H17.C2H6Si.Hf/c2*1-13(2,3)14(4)10-6-8-11-7-5-9-12(11)14;1-3-2;/h2*5-6,8-10H,1-4H3;1-2H3;.